The maximum atomic E-state index is 12.7. The van der Waals surface area contributed by atoms with Gasteiger partial charge in [0.1, 0.15) is 18.4 Å². The van der Waals surface area contributed by atoms with E-state index in [1.54, 1.807) is 6.92 Å². The lowest BCUT2D eigenvalue weighted by Gasteiger charge is -2.19. The Hall–Kier alpha value is -3.64. The first-order chi connectivity index (χ1) is 17.7. The number of aryl methyl sites for hydroxylation is 4. The average molecular weight is 502 g/mol. The second-order valence-electron chi connectivity index (χ2n) is 9.73. The van der Waals surface area contributed by atoms with E-state index >= 15 is 0 Å². The topological polar surface area (TPSA) is 93.4 Å². The van der Waals surface area contributed by atoms with Crippen molar-refractivity contribution < 1.29 is 14.3 Å². The van der Waals surface area contributed by atoms with Crippen LogP contribution in [0.2, 0.25) is 0 Å². The number of rotatable bonds is 12. The van der Waals surface area contributed by atoms with Gasteiger partial charge in [-0.1, -0.05) is 60.2 Å². The van der Waals surface area contributed by atoms with Crippen molar-refractivity contribution in [3.8, 4) is 5.75 Å². The van der Waals surface area contributed by atoms with Gasteiger partial charge in [-0.25, -0.2) is 0 Å². The van der Waals surface area contributed by atoms with E-state index in [9.17, 15) is 9.59 Å². The first-order valence-electron chi connectivity index (χ1n) is 12.9. The molecule has 0 saturated carbocycles. The van der Waals surface area contributed by atoms with E-state index in [4.69, 9.17) is 10.5 Å². The van der Waals surface area contributed by atoms with Crippen molar-refractivity contribution in [2.24, 2.45) is 5.73 Å². The Morgan fingerprint density at radius 2 is 1.54 bits per heavy atom. The highest BCUT2D eigenvalue weighted by Gasteiger charge is 2.21. The molecule has 3 aromatic rings. The second kappa shape index (κ2) is 13.6. The minimum atomic E-state index is -0.759. The van der Waals surface area contributed by atoms with E-state index in [1.165, 1.54) is 11.1 Å². The number of hydrogen-bond acceptors (Lipinski definition) is 4. The Morgan fingerprint density at radius 3 is 2.19 bits per heavy atom. The largest absolute Gasteiger partial charge is 0.489 e. The van der Waals surface area contributed by atoms with E-state index in [2.05, 4.69) is 54.0 Å². The van der Waals surface area contributed by atoms with Crippen LogP contribution in [-0.4, -0.2) is 30.4 Å². The molecule has 196 valence electrons. The number of amides is 2. The molecule has 0 bridgehead atoms. The molecule has 0 aliphatic heterocycles. The summed E-state index contributed by atoms with van der Waals surface area (Å²) in [5.41, 5.74) is 12.9. The first kappa shape index (κ1) is 27.9. The molecule has 0 heterocycles. The van der Waals surface area contributed by atoms with E-state index in [0.717, 1.165) is 40.8 Å². The van der Waals surface area contributed by atoms with Gasteiger partial charge in [-0.05, 0) is 86.9 Å². The normalized spacial score (nSPS) is 12.5. The molecule has 3 rings (SSSR count). The summed E-state index contributed by atoms with van der Waals surface area (Å²) < 4.78 is 5.99. The zero-order chi connectivity index (χ0) is 26.8. The third-order valence-electron chi connectivity index (χ3n) is 6.49. The van der Waals surface area contributed by atoms with Crippen molar-refractivity contribution in [2.75, 3.05) is 6.54 Å². The molecular formula is C31H39N3O3. The third kappa shape index (κ3) is 8.76. The maximum Gasteiger partial charge on any atom is 0.242 e. The third-order valence-corrected chi connectivity index (χ3v) is 6.49. The molecule has 4 N–H and O–H groups in total. The van der Waals surface area contributed by atoms with Crippen molar-refractivity contribution in [3.63, 3.8) is 0 Å². The van der Waals surface area contributed by atoms with Crippen LogP contribution in [0.1, 0.15) is 46.7 Å². The lowest BCUT2D eigenvalue weighted by Crippen LogP contribution is -2.51. The lowest BCUT2D eigenvalue weighted by molar-refractivity contribution is -0.129. The SMILES string of the molecule is Cc1ccc(COc2cc(C)c(CC(N)C(=O)N[C@H](C)C(=O)NCCCc3ccccc3)c(C)c2)cc1. The Morgan fingerprint density at radius 1 is 0.892 bits per heavy atom. The molecule has 1 unspecified atom stereocenters. The van der Waals surface area contributed by atoms with Gasteiger partial charge in [0.25, 0.3) is 0 Å². The summed E-state index contributed by atoms with van der Waals surface area (Å²) in [6, 6.07) is 20.9. The van der Waals surface area contributed by atoms with Crippen LogP contribution in [0.4, 0.5) is 0 Å². The molecule has 6 heteroatoms. The fourth-order valence-electron chi connectivity index (χ4n) is 4.21. The number of carbonyl (C=O) groups excluding carboxylic acids is 2. The van der Waals surface area contributed by atoms with Gasteiger partial charge >= 0.3 is 0 Å². The van der Waals surface area contributed by atoms with Crippen LogP contribution in [0.15, 0.2) is 66.7 Å². The monoisotopic (exact) mass is 501 g/mol. The number of carbonyl (C=O) groups is 2. The fourth-order valence-corrected chi connectivity index (χ4v) is 4.21. The highest BCUT2D eigenvalue weighted by atomic mass is 16.5. The summed E-state index contributed by atoms with van der Waals surface area (Å²) in [5, 5.41) is 5.64. The van der Waals surface area contributed by atoms with E-state index < -0.39 is 12.1 Å². The van der Waals surface area contributed by atoms with Crippen molar-refractivity contribution in [3.05, 3.63) is 100 Å². The molecule has 37 heavy (non-hydrogen) atoms. The minimum Gasteiger partial charge on any atom is -0.489 e. The summed E-state index contributed by atoms with van der Waals surface area (Å²) in [4.78, 5) is 25.1. The number of ether oxygens (including phenoxy) is 1. The molecule has 0 aromatic heterocycles. The molecule has 3 aromatic carbocycles. The predicted octanol–water partition coefficient (Wildman–Crippen LogP) is 4.31. The molecule has 6 nitrogen and oxygen atoms in total. The zero-order valence-electron chi connectivity index (χ0n) is 22.3. The summed E-state index contributed by atoms with van der Waals surface area (Å²) in [6.07, 6.45) is 2.10. The molecule has 2 amide bonds. The molecule has 0 aliphatic carbocycles. The number of nitrogens with two attached hydrogens (primary N) is 1. The summed E-state index contributed by atoms with van der Waals surface area (Å²) in [7, 11) is 0. The minimum absolute atomic E-state index is 0.212. The lowest BCUT2D eigenvalue weighted by atomic mass is 9.96. The molecule has 0 radical (unpaired) electrons. The number of hydrogen-bond donors (Lipinski definition) is 3. The Bertz CT molecular complexity index is 1150. The van der Waals surface area contributed by atoms with Crippen molar-refractivity contribution in [1.82, 2.24) is 10.6 Å². The summed E-state index contributed by atoms with van der Waals surface area (Å²) >= 11 is 0. The zero-order valence-corrected chi connectivity index (χ0v) is 22.3. The summed E-state index contributed by atoms with van der Waals surface area (Å²) in [5.74, 6) is 0.233. The van der Waals surface area contributed by atoms with Crippen LogP contribution in [0.5, 0.6) is 5.75 Å². The van der Waals surface area contributed by atoms with Gasteiger partial charge in [0.15, 0.2) is 0 Å². The predicted molar refractivity (Wildman–Crippen MR) is 148 cm³/mol. The van der Waals surface area contributed by atoms with E-state index in [-0.39, 0.29) is 11.8 Å². The van der Waals surface area contributed by atoms with Gasteiger partial charge in [0.2, 0.25) is 11.8 Å². The van der Waals surface area contributed by atoms with E-state index in [0.29, 0.717) is 19.6 Å². The number of nitrogens with one attached hydrogen (secondary N) is 2. The van der Waals surface area contributed by atoms with Crippen molar-refractivity contribution in [2.45, 2.75) is 65.6 Å². The van der Waals surface area contributed by atoms with Crippen LogP contribution in [0, 0.1) is 20.8 Å². The van der Waals surface area contributed by atoms with E-state index in [1.807, 2.05) is 44.2 Å². The van der Waals surface area contributed by atoms with Crippen LogP contribution in [0.3, 0.4) is 0 Å². The van der Waals surface area contributed by atoms with Crippen molar-refractivity contribution in [1.29, 1.82) is 0 Å². The number of benzene rings is 3. The van der Waals surface area contributed by atoms with Crippen molar-refractivity contribution >= 4 is 11.8 Å². The maximum absolute atomic E-state index is 12.7. The molecular weight excluding hydrogens is 462 g/mol. The Balaban J connectivity index is 1.46. The fraction of sp³-hybridized carbons (Fsp3) is 0.355. The molecule has 0 spiro atoms. The summed E-state index contributed by atoms with van der Waals surface area (Å²) in [6.45, 7) is 8.77. The van der Waals surface area contributed by atoms with Gasteiger partial charge in [-0.3, -0.25) is 9.59 Å². The highest BCUT2D eigenvalue weighted by molar-refractivity contribution is 5.89. The van der Waals surface area contributed by atoms with Crippen LogP contribution >= 0.6 is 0 Å². The van der Waals surface area contributed by atoms with Gasteiger partial charge in [0.05, 0.1) is 6.04 Å². The second-order valence-corrected chi connectivity index (χ2v) is 9.73. The average Bonchev–Trinajstić information content (AvgIpc) is 2.88. The van der Waals surface area contributed by atoms with Crippen LogP contribution in [0.25, 0.3) is 0 Å². The van der Waals surface area contributed by atoms with Gasteiger partial charge in [-0.15, -0.1) is 0 Å². The van der Waals surface area contributed by atoms with Crippen LogP contribution < -0.4 is 21.1 Å². The molecule has 2 atom stereocenters. The van der Waals surface area contributed by atoms with Gasteiger partial charge < -0.3 is 21.1 Å². The van der Waals surface area contributed by atoms with Gasteiger partial charge in [0, 0.05) is 6.54 Å². The van der Waals surface area contributed by atoms with Gasteiger partial charge in [-0.2, -0.15) is 0 Å². The van der Waals surface area contributed by atoms with Crippen LogP contribution in [-0.2, 0) is 29.0 Å². The first-order valence-corrected chi connectivity index (χ1v) is 12.9. The quantitative estimate of drug-likeness (QED) is 0.322. The molecule has 0 fully saturated rings. The molecule has 0 aliphatic rings. The Kier molecular flexibility index (Phi) is 10.3. The molecule has 0 saturated heterocycles. The Labute approximate surface area is 220 Å². The standard InChI is InChI=1S/C31H39N3O3/c1-21-12-14-26(15-13-21)20-37-27-17-22(2)28(23(3)18-27)19-29(32)31(36)34-24(4)30(35)33-16-8-11-25-9-6-5-7-10-25/h5-7,9-10,12-15,17-18,24,29H,8,11,16,19-20,32H2,1-4H3,(H,33,35)(H,34,36)/t24-,29?/m1/s1. The smallest absolute Gasteiger partial charge is 0.242 e. The highest BCUT2D eigenvalue weighted by Crippen LogP contribution is 2.24.